The lowest BCUT2D eigenvalue weighted by molar-refractivity contribution is -0.122. The Balaban J connectivity index is 1.83. The zero-order valence-corrected chi connectivity index (χ0v) is 8.55. The molecule has 4 heteroatoms. The SMILES string of the molecule is CC1CC1C(=O)NN=Cc1ccccn1. The van der Waals surface area contributed by atoms with Gasteiger partial charge in [0.05, 0.1) is 11.9 Å². The number of carbonyl (C=O) groups is 1. The minimum Gasteiger partial charge on any atom is -0.273 e. The second kappa shape index (κ2) is 4.21. The van der Waals surface area contributed by atoms with Crippen molar-refractivity contribution in [2.45, 2.75) is 13.3 Å². The summed E-state index contributed by atoms with van der Waals surface area (Å²) in [7, 11) is 0. The first-order chi connectivity index (χ1) is 7.27. The number of nitrogens with one attached hydrogen (secondary N) is 1. The fourth-order valence-electron chi connectivity index (χ4n) is 1.38. The van der Waals surface area contributed by atoms with Crippen LogP contribution in [0.3, 0.4) is 0 Å². The Labute approximate surface area is 88.4 Å². The van der Waals surface area contributed by atoms with E-state index in [2.05, 4.69) is 22.4 Å². The number of amides is 1. The molecule has 1 aromatic rings. The van der Waals surface area contributed by atoms with E-state index in [1.54, 1.807) is 12.4 Å². The molecule has 78 valence electrons. The Morgan fingerprint density at radius 3 is 3.07 bits per heavy atom. The zero-order chi connectivity index (χ0) is 10.7. The first-order valence-electron chi connectivity index (χ1n) is 5.01. The van der Waals surface area contributed by atoms with Crippen molar-refractivity contribution >= 4 is 12.1 Å². The first kappa shape index (κ1) is 9.83. The highest BCUT2D eigenvalue weighted by molar-refractivity contribution is 5.83. The number of carbonyl (C=O) groups excluding carboxylic acids is 1. The maximum atomic E-state index is 11.4. The molecule has 0 bridgehead atoms. The molecule has 0 aromatic carbocycles. The Morgan fingerprint density at radius 2 is 2.47 bits per heavy atom. The summed E-state index contributed by atoms with van der Waals surface area (Å²) in [4.78, 5) is 15.4. The Hall–Kier alpha value is -1.71. The van der Waals surface area contributed by atoms with E-state index in [0.29, 0.717) is 5.92 Å². The molecule has 2 unspecified atom stereocenters. The molecule has 0 radical (unpaired) electrons. The van der Waals surface area contributed by atoms with E-state index in [9.17, 15) is 4.79 Å². The van der Waals surface area contributed by atoms with Crippen LogP contribution in [0.15, 0.2) is 29.5 Å². The highest BCUT2D eigenvalue weighted by Crippen LogP contribution is 2.37. The van der Waals surface area contributed by atoms with Crippen LogP contribution >= 0.6 is 0 Å². The molecule has 1 amide bonds. The molecule has 0 saturated heterocycles. The summed E-state index contributed by atoms with van der Waals surface area (Å²) < 4.78 is 0. The minimum absolute atomic E-state index is 0.00896. The summed E-state index contributed by atoms with van der Waals surface area (Å²) in [6, 6.07) is 5.54. The zero-order valence-electron chi connectivity index (χ0n) is 8.55. The maximum Gasteiger partial charge on any atom is 0.243 e. The molecule has 1 N–H and O–H groups in total. The van der Waals surface area contributed by atoms with Crippen LogP contribution in [0.5, 0.6) is 0 Å². The van der Waals surface area contributed by atoms with Crippen molar-refractivity contribution in [3.63, 3.8) is 0 Å². The third-order valence-corrected chi connectivity index (χ3v) is 2.51. The summed E-state index contributed by atoms with van der Waals surface area (Å²) in [6.45, 7) is 2.06. The fraction of sp³-hybridized carbons (Fsp3) is 0.364. The number of hydrogen-bond donors (Lipinski definition) is 1. The van der Waals surface area contributed by atoms with Crippen LogP contribution in [-0.4, -0.2) is 17.1 Å². The lowest BCUT2D eigenvalue weighted by atomic mass is 10.3. The predicted molar refractivity (Wildman–Crippen MR) is 57.2 cm³/mol. The molecule has 1 fully saturated rings. The maximum absolute atomic E-state index is 11.4. The lowest BCUT2D eigenvalue weighted by Crippen LogP contribution is -2.20. The van der Waals surface area contributed by atoms with Crippen molar-refractivity contribution in [1.29, 1.82) is 0 Å². The number of nitrogens with zero attached hydrogens (tertiary/aromatic N) is 2. The van der Waals surface area contributed by atoms with E-state index >= 15 is 0 Å². The van der Waals surface area contributed by atoms with Gasteiger partial charge in [-0.05, 0) is 24.5 Å². The summed E-state index contributed by atoms with van der Waals surface area (Å²) in [5.74, 6) is 0.676. The molecule has 1 aliphatic carbocycles. The van der Waals surface area contributed by atoms with Crippen molar-refractivity contribution in [2.75, 3.05) is 0 Å². The van der Waals surface area contributed by atoms with E-state index in [1.165, 1.54) is 0 Å². The number of pyridine rings is 1. The molecular weight excluding hydrogens is 190 g/mol. The van der Waals surface area contributed by atoms with Crippen LogP contribution in [0.2, 0.25) is 0 Å². The highest BCUT2D eigenvalue weighted by Gasteiger charge is 2.38. The highest BCUT2D eigenvalue weighted by atomic mass is 16.2. The molecule has 2 atom stereocenters. The molecule has 15 heavy (non-hydrogen) atoms. The van der Waals surface area contributed by atoms with Gasteiger partial charge in [-0.25, -0.2) is 5.43 Å². The molecule has 0 spiro atoms. The van der Waals surface area contributed by atoms with Gasteiger partial charge in [-0.3, -0.25) is 9.78 Å². The number of hydrazone groups is 1. The Kier molecular flexibility index (Phi) is 2.76. The van der Waals surface area contributed by atoms with Crippen LogP contribution in [0.1, 0.15) is 19.0 Å². The van der Waals surface area contributed by atoms with Crippen LogP contribution in [0, 0.1) is 11.8 Å². The van der Waals surface area contributed by atoms with E-state index in [1.807, 2.05) is 18.2 Å². The average Bonchev–Trinajstić information content (AvgIpc) is 2.97. The number of aromatic nitrogens is 1. The molecular formula is C11H13N3O. The first-order valence-corrected chi connectivity index (χ1v) is 5.01. The monoisotopic (exact) mass is 203 g/mol. The van der Waals surface area contributed by atoms with Gasteiger partial charge < -0.3 is 0 Å². The van der Waals surface area contributed by atoms with Gasteiger partial charge >= 0.3 is 0 Å². The second-order valence-corrected chi connectivity index (χ2v) is 3.81. The van der Waals surface area contributed by atoms with Gasteiger partial charge in [0, 0.05) is 12.1 Å². The largest absolute Gasteiger partial charge is 0.273 e. The van der Waals surface area contributed by atoms with Crippen molar-refractivity contribution in [3.8, 4) is 0 Å². The lowest BCUT2D eigenvalue weighted by Gasteiger charge is -1.95. The van der Waals surface area contributed by atoms with Crippen molar-refractivity contribution in [2.24, 2.45) is 16.9 Å². The van der Waals surface area contributed by atoms with Gasteiger partial charge in [0.15, 0.2) is 0 Å². The molecule has 4 nitrogen and oxygen atoms in total. The van der Waals surface area contributed by atoms with Gasteiger partial charge in [-0.15, -0.1) is 0 Å². The molecule has 1 aromatic heterocycles. The predicted octanol–water partition coefficient (Wildman–Crippen LogP) is 1.19. The Bertz CT molecular complexity index is 375. The van der Waals surface area contributed by atoms with Gasteiger partial charge in [0.2, 0.25) is 5.91 Å². The summed E-state index contributed by atoms with van der Waals surface area (Å²) in [5, 5.41) is 3.85. The van der Waals surface area contributed by atoms with Crippen LogP contribution in [-0.2, 0) is 4.79 Å². The van der Waals surface area contributed by atoms with Gasteiger partial charge in [-0.2, -0.15) is 5.10 Å². The molecule has 2 rings (SSSR count). The smallest absolute Gasteiger partial charge is 0.243 e. The van der Waals surface area contributed by atoms with Crippen molar-refractivity contribution in [3.05, 3.63) is 30.1 Å². The summed E-state index contributed by atoms with van der Waals surface area (Å²) in [5.41, 5.74) is 3.25. The van der Waals surface area contributed by atoms with E-state index < -0.39 is 0 Å². The minimum atomic E-state index is 0.00896. The third-order valence-electron chi connectivity index (χ3n) is 2.51. The molecule has 1 heterocycles. The average molecular weight is 203 g/mol. The summed E-state index contributed by atoms with van der Waals surface area (Å²) >= 11 is 0. The van der Waals surface area contributed by atoms with Crippen molar-refractivity contribution in [1.82, 2.24) is 10.4 Å². The number of rotatable bonds is 3. The second-order valence-electron chi connectivity index (χ2n) is 3.81. The van der Waals surface area contributed by atoms with Gasteiger partial charge in [0.25, 0.3) is 0 Å². The molecule has 1 saturated carbocycles. The number of hydrogen-bond acceptors (Lipinski definition) is 3. The Morgan fingerprint density at radius 1 is 1.67 bits per heavy atom. The van der Waals surface area contributed by atoms with E-state index in [-0.39, 0.29) is 11.8 Å². The molecule has 0 aliphatic heterocycles. The van der Waals surface area contributed by atoms with Gasteiger partial charge in [0.1, 0.15) is 0 Å². The topological polar surface area (TPSA) is 54.4 Å². The van der Waals surface area contributed by atoms with Crippen LogP contribution < -0.4 is 5.43 Å². The third kappa shape index (κ3) is 2.62. The standard InChI is InChI=1S/C11H13N3O/c1-8-6-10(8)11(15)14-13-7-9-4-2-3-5-12-9/h2-5,7-8,10H,6H2,1H3,(H,14,15). The fourth-order valence-corrected chi connectivity index (χ4v) is 1.38. The van der Waals surface area contributed by atoms with Crippen LogP contribution in [0.25, 0.3) is 0 Å². The summed E-state index contributed by atoms with van der Waals surface area (Å²) in [6.07, 6.45) is 4.21. The van der Waals surface area contributed by atoms with Crippen LogP contribution in [0.4, 0.5) is 0 Å². The quantitative estimate of drug-likeness (QED) is 0.592. The van der Waals surface area contributed by atoms with Crippen molar-refractivity contribution < 1.29 is 4.79 Å². The normalized spacial score (nSPS) is 24.1. The van der Waals surface area contributed by atoms with E-state index in [0.717, 1.165) is 12.1 Å². The van der Waals surface area contributed by atoms with Gasteiger partial charge in [-0.1, -0.05) is 13.0 Å². The van der Waals surface area contributed by atoms with E-state index in [4.69, 9.17) is 0 Å². The molecule has 1 aliphatic rings.